The van der Waals surface area contributed by atoms with E-state index in [4.69, 9.17) is 4.74 Å². The van der Waals surface area contributed by atoms with E-state index < -0.39 is 5.82 Å². The van der Waals surface area contributed by atoms with Crippen molar-refractivity contribution in [1.82, 2.24) is 4.90 Å². The third-order valence-electron chi connectivity index (χ3n) is 4.76. The zero-order valence-electron chi connectivity index (χ0n) is 15.6. The molecule has 1 heterocycles. The standard InChI is InChI=1S/C21H23FN2O3/c1-3-23(14-15-6-11-19(27-2)18(22)13-15)21(26)16-7-9-17(10-8-16)24-12-4-5-20(24)25/h6-11,13H,3-5,12,14H2,1-2H3. The number of halogens is 1. The quantitative estimate of drug-likeness (QED) is 0.780. The molecule has 1 aliphatic heterocycles. The number of ether oxygens (including phenoxy) is 1. The van der Waals surface area contributed by atoms with Crippen molar-refractivity contribution in [3.8, 4) is 5.75 Å². The van der Waals surface area contributed by atoms with E-state index in [1.165, 1.54) is 13.2 Å². The van der Waals surface area contributed by atoms with Crippen LogP contribution in [0.1, 0.15) is 35.7 Å². The number of anilines is 1. The van der Waals surface area contributed by atoms with Crippen molar-refractivity contribution in [2.24, 2.45) is 0 Å². The van der Waals surface area contributed by atoms with Gasteiger partial charge in [0.25, 0.3) is 5.91 Å². The van der Waals surface area contributed by atoms with Crippen LogP contribution in [0.5, 0.6) is 5.75 Å². The van der Waals surface area contributed by atoms with Crippen LogP contribution in [0, 0.1) is 5.82 Å². The molecule has 1 aliphatic rings. The molecule has 0 saturated carbocycles. The van der Waals surface area contributed by atoms with E-state index in [1.54, 1.807) is 46.2 Å². The molecular formula is C21H23FN2O3. The smallest absolute Gasteiger partial charge is 0.254 e. The molecular weight excluding hydrogens is 347 g/mol. The molecule has 1 fully saturated rings. The van der Waals surface area contributed by atoms with E-state index in [0.29, 0.717) is 30.6 Å². The Labute approximate surface area is 158 Å². The minimum Gasteiger partial charge on any atom is -0.494 e. The number of methoxy groups -OCH3 is 1. The summed E-state index contributed by atoms with van der Waals surface area (Å²) in [6.45, 7) is 3.41. The monoisotopic (exact) mass is 370 g/mol. The predicted octanol–water partition coefficient (Wildman–Crippen LogP) is 3.62. The number of rotatable bonds is 6. The van der Waals surface area contributed by atoms with E-state index >= 15 is 0 Å². The van der Waals surface area contributed by atoms with Crippen LogP contribution in [0.2, 0.25) is 0 Å². The van der Waals surface area contributed by atoms with Crippen molar-refractivity contribution in [2.75, 3.05) is 25.1 Å². The summed E-state index contributed by atoms with van der Waals surface area (Å²) in [5.41, 5.74) is 2.05. The summed E-state index contributed by atoms with van der Waals surface area (Å²) in [5, 5.41) is 0. The van der Waals surface area contributed by atoms with Gasteiger partial charge < -0.3 is 14.5 Å². The Kier molecular flexibility index (Phi) is 5.74. The van der Waals surface area contributed by atoms with Crippen molar-refractivity contribution < 1.29 is 18.7 Å². The number of benzene rings is 2. The highest BCUT2D eigenvalue weighted by molar-refractivity contribution is 5.97. The third kappa shape index (κ3) is 4.10. The highest BCUT2D eigenvalue weighted by atomic mass is 19.1. The molecule has 0 bridgehead atoms. The molecule has 142 valence electrons. The van der Waals surface area contributed by atoms with Gasteiger partial charge >= 0.3 is 0 Å². The summed E-state index contributed by atoms with van der Waals surface area (Å²) < 4.78 is 18.8. The third-order valence-corrected chi connectivity index (χ3v) is 4.76. The van der Waals surface area contributed by atoms with Gasteiger partial charge in [0.15, 0.2) is 11.6 Å². The van der Waals surface area contributed by atoms with Gasteiger partial charge in [-0.3, -0.25) is 9.59 Å². The molecule has 0 radical (unpaired) electrons. The van der Waals surface area contributed by atoms with Crippen LogP contribution in [0.15, 0.2) is 42.5 Å². The van der Waals surface area contributed by atoms with E-state index in [1.807, 2.05) is 6.92 Å². The summed E-state index contributed by atoms with van der Waals surface area (Å²) in [6.07, 6.45) is 1.43. The number of amides is 2. The largest absolute Gasteiger partial charge is 0.494 e. The zero-order chi connectivity index (χ0) is 19.4. The highest BCUT2D eigenvalue weighted by Crippen LogP contribution is 2.23. The Balaban J connectivity index is 1.72. The minimum absolute atomic E-state index is 0.116. The molecule has 0 spiro atoms. The van der Waals surface area contributed by atoms with Crippen LogP contribution in [0.3, 0.4) is 0 Å². The molecule has 27 heavy (non-hydrogen) atoms. The van der Waals surface area contributed by atoms with Crippen molar-refractivity contribution in [3.63, 3.8) is 0 Å². The summed E-state index contributed by atoms with van der Waals surface area (Å²) >= 11 is 0. The Bertz CT molecular complexity index is 836. The van der Waals surface area contributed by atoms with Crippen LogP contribution < -0.4 is 9.64 Å². The maximum atomic E-state index is 13.9. The first-order valence-electron chi connectivity index (χ1n) is 9.05. The Hall–Kier alpha value is -2.89. The van der Waals surface area contributed by atoms with Gasteiger partial charge in [0, 0.05) is 37.3 Å². The van der Waals surface area contributed by atoms with Crippen molar-refractivity contribution in [2.45, 2.75) is 26.3 Å². The van der Waals surface area contributed by atoms with Crippen molar-refractivity contribution in [3.05, 3.63) is 59.4 Å². The second-order valence-electron chi connectivity index (χ2n) is 6.48. The Morgan fingerprint density at radius 1 is 1.22 bits per heavy atom. The lowest BCUT2D eigenvalue weighted by molar-refractivity contribution is -0.117. The molecule has 5 nitrogen and oxygen atoms in total. The Morgan fingerprint density at radius 2 is 1.96 bits per heavy atom. The normalized spacial score (nSPS) is 13.7. The van der Waals surface area contributed by atoms with Gasteiger partial charge in [0.1, 0.15) is 0 Å². The molecule has 6 heteroatoms. The lowest BCUT2D eigenvalue weighted by Crippen LogP contribution is -2.30. The first-order valence-corrected chi connectivity index (χ1v) is 9.05. The Morgan fingerprint density at radius 3 is 2.52 bits per heavy atom. The fourth-order valence-corrected chi connectivity index (χ4v) is 3.24. The molecule has 2 aromatic carbocycles. The minimum atomic E-state index is -0.446. The van der Waals surface area contributed by atoms with Gasteiger partial charge in [0.2, 0.25) is 5.91 Å². The number of carbonyl (C=O) groups excluding carboxylic acids is 2. The van der Waals surface area contributed by atoms with Gasteiger partial charge in [-0.05, 0) is 55.3 Å². The van der Waals surface area contributed by atoms with E-state index in [0.717, 1.165) is 18.7 Å². The zero-order valence-corrected chi connectivity index (χ0v) is 15.6. The number of carbonyl (C=O) groups is 2. The average molecular weight is 370 g/mol. The van der Waals surface area contributed by atoms with Crippen LogP contribution in [0.25, 0.3) is 0 Å². The van der Waals surface area contributed by atoms with Crippen LogP contribution in [-0.2, 0) is 11.3 Å². The maximum absolute atomic E-state index is 13.9. The molecule has 2 aromatic rings. The second-order valence-corrected chi connectivity index (χ2v) is 6.48. The van der Waals surface area contributed by atoms with Crippen LogP contribution in [-0.4, -0.2) is 36.9 Å². The highest BCUT2D eigenvalue weighted by Gasteiger charge is 2.22. The molecule has 2 amide bonds. The van der Waals surface area contributed by atoms with E-state index in [-0.39, 0.29) is 17.6 Å². The fraction of sp³-hybridized carbons (Fsp3) is 0.333. The van der Waals surface area contributed by atoms with Gasteiger partial charge in [-0.15, -0.1) is 0 Å². The molecule has 0 unspecified atom stereocenters. The van der Waals surface area contributed by atoms with Gasteiger partial charge in [-0.2, -0.15) is 0 Å². The molecule has 3 rings (SSSR count). The lowest BCUT2D eigenvalue weighted by atomic mass is 10.1. The van der Waals surface area contributed by atoms with Crippen LogP contribution in [0.4, 0.5) is 10.1 Å². The first kappa shape index (κ1) is 18.9. The topological polar surface area (TPSA) is 49.9 Å². The number of hydrogen-bond donors (Lipinski definition) is 0. The molecule has 0 aromatic heterocycles. The molecule has 0 N–H and O–H groups in total. The summed E-state index contributed by atoms with van der Waals surface area (Å²) in [5.74, 6) is -0.280. The summed E-state index contributed by atoms with van der Waals surface area (Å²) in [6, 6.07) is 11.8. The SMILES string of the molecule is CCN(Cc1ccc(OC)c(F)c1)C(=O)c1ccc(N2CCCC2=O)cc1. The van der Waals surface area contributed by atoms with Crippen LogP contribution >= 0.6 is 0 Å². The molecule has 1 saturated heterocycles. The van der Waals surface area contributed by atoms with Gasteiger partial charge in [0.05, 0.1) is 7.11 Å². The first-order chi connectivity index (χ1) is 13.0. The van der Waals surface area contributed by atoms with Gasteiger partial charge in [-0.1, -0.05) is 6.07 Å². The summed E-state index contributed by atoms with van der Waals surface area (Å²) in [7, 11) is 1.42. The lowest BCUT2D eigenvalue weighted by Gasteiger charge is -2.22. The number of hydrogen-bond acceptors (Lipinski definition) is 3. The maximum Gasteiger partial charge on any atom is 0.254 e. The van der Waals surface area contributed by atoms with E-state index in [9.17, 15) is 14.0 Å². The fourth-order valence-electron chi connectivity index (χ4n) is 3.24. The average Bonchev–Trinajstić information content (AvgIpc) is 3.11. The van der Waals surface area contributed by atoms with Crippen molar-refractivity contribution >= 4 is 17.5 Å². The van der Waals surface area contributed by atoms with Gasteiger partial charge in [-0.25, -0.2) is 4.39 Å². The second kappa shape index (κ2) is 8.20. The van der Waals surface area contributed by atoms with E-state index in [2.05, 4.69) is 0 Å². The molecule has 0 aliphatic carbocycles. The van der Waals surface area contributed by atoms with Crippen molar-refractivity contribution in [1.29, 1.82) is 0 Å². The summed E-state index contributed by atoms with van der Waals surface area (Å²) in [4.78, 5) is 28.0. The predicted molar refractivity (Wildman–Crippen MR) is 101 cm³/mol. The number of nitrogens with zero attached hydrogens (tertiary/aromatic N) is 2. The molecule has 0 atom stereocenters.